The number of hydrogen-bond donors (Lipinski definition) is 0. The van der Waals surface area contributed by atoms with Crippen LogP contribution in [0.3, 0.4) is 0 Å². The van der Waals surface area contributed by atoms with Gasteiger partial charge in [0.2, 0.25) is 5.71 Å². The van der Waals surface area contributed by atoms with Crippen LogP contribution >= 0.6 is 11.6 Å². The smallest absolute Gasteiger partial charge is 0.232 e. The summed E-state index contributed by atoms with van der Waals surface area (Å²) in [5.74, 6) is 0.504. The Morgan fingerprint density at radius 2 is 2.18 bits per heavy atom. The summed E-state index contributed by atoms with van der Waals surface area (Å²) in [5.41, 5.74) is 1.26. The molecule has 3 aromatic rings. The molecule has 0 aliphatic carbocycles. The Labute approximate surface area is 101 Å². The van der Waals surface area contributed by atoms with Crippen LogP contribution in [0.15, 0.2) is 22.6 Å². The normalized spacial score (nSPS) is 10.9. The van der Waals surface area contributed by atoms with E-state index in [9.17, 15) is 0 Å². The first-order valence-corrected chi connectivity index (χ1v) is 5.34. The van der Waals surface area contributed by atoms with Crippen molar-refractivity contribution in [3.05, 3.63) is 34.7 Å². The summed E-state index contributed by atoms with van der Waals surface area (Å²) in [5, 5.41) is 11.0. The van der Waals surface area contributed by atoms with Gasteiger partial charge in [0.1, 0.15) is 11.9 Å². The summed E-state index contributed by atoms with van der Waals surface area (Å²) >= 11 is 6.04. The van der Waals surface area contributed by atoms with Gasteiger partial charge in [-0.05, 0) is 13.0 Å². The van der Waals surface area contributed by atoms with E-state index in [2.05, 4.69) is 16.0 Å². The standard InChI is InChI=1S/C12H6ClN3O/c1-6-15-9(5-14)10-7-3-2-4-8(13)11(7)17-12(10)16-6/h2-4H,1H3. The Balaban J connectivity index is 2.62. The van der Waals surface area contributed by atoms with Gasteiger partial charge in [0.15, 0.2) is 11.3 Å². The van der Waals surface area contributed by atoms with Crippen molar-refractivity contribution >= 4 is 33.7 Å². The van der Waals surface area contributed by atoms with E-state index < -0.39 is 0 Å². The van der Waals surface area contributed by atoms with Gasteiger partial charge in [-0.25, -0.2) is 4.98 Å². The highest BCUT2D eigenvalue weighted by Gasteiger charge is 2.15. The SMILES string of the molecule is Cc1nc(C#N)c2c(n1)oc1c(Cl)cccc12. The van der Waals surface area contributed by atoms with E-state index in [1.807, 2.05) is 6.07 Å². The summed E-state index contributed by atoms with van der Waals surface area (Å²) in [7, 11) is 0. The molecule has 5 heteroatoms. The van der Waals surface area contributed by atoms with Crippen molar-refractivity contribution in [3.63, 3.8) is 0 Å². The molecule has 3 rings (SSSR count). The van der Waals surface area contributed by atoms with Crippen molar-refractivity contribution in [2.24, 2.45) is 0 Å². The zero-order valence-electron chi connectivity index (χ0n) is 8.86. The van der Waals surface area contributed by atoms with E-state index in [4.69, 9.17) is 21.3 Å². The molecule has 0 aliphatic heterocycles. The fraction of sp³-hybridized carbons (Fsp3) is 0.0833. The van der Waals surface area contributed by atoms with Gasteiger partial charge in [0, 0.05) is 5.39 Å². The van der Waals surface area contributed by atoms with E-state index >= 15 is 0 Å². The molecule has 4 nitrogen and oxygen atoms in total. The third-order valence-electron chi connectivity index (χ3n) is 2.53. The third kappa shape index (κ3) is 1.37. The van der Waals surface area contributed by atoms with Crippen molar-refractivity contribution < 1.29 is 4.42 Å². The molecule has 2 aromatic heterocycles. The molecular weight excluding hydrogens is 238 g/mol. The average Bonchev–Trinajstić information content (AvgIpc) is 2.68. The van der Waals surface area contributed by atoms with Gasteiger partial charge in [-0.3, -0.25) is 0 Å². The average molecular weight is 244 g/mol. The van der Waals surface area contributed by atoms with Crippen LogP contribution in [0.5, 0.6) is 0 Å². The summed E-state index contributed by atoms with van der Waals surface area (Å²) in [6.07, 6.45) is 0. The van der Waals surface area contributed by atoms with Crippen LogP contribution in [-0.2, 0) is 0 Å². The van der Waals surface area contributed by atoms with Gasteiger partial charge >= 0.3 is 0 Å². The van der Waals surface area contributed by atoms with Gasteiger partial charge in [0.25, 0.3) is 0 Å². The molecule has 0 amide bonds. The minimum atomic E-state index is 0.313. The van der Waals surface area contributed by atoms with Crippen molar-refractivity contribution in [1.29, 1.82) is 5.26 Å². The minimum Gasteiger partial charge on any atom is -0.436 e. The van der Waals surface area contributed by atoms with E-state index in [-0.39, 0.29) is 0 Å². The summed E-state index contributed by atoms with van der Waals surface area (Å²) < 4.78 is 5.57. The number of aryl methyl sites for hydroxylation is 1. The van der Waals surface area contributed by atoms with E-state index in [1.165, 1.54) is 0 Å². The second-order valence-corrected chi connectivity index (χ2v) is 4.04. The van der Waals surface area contributed by atoms with Gasteiger partial charge in [0.05, 0.1) is 10.4 Å². The Morgan fingerprint density at radius 1 is 1.35 bits per heavy atom. The van der Waals surface area contributed by atoms with Crippen molar-refractivity contribution in [3.8, 4) is 6.07 Å². The number of benzene rings is 1. The van der Waals surface area contributed by atoms with Crippen molar-refractivity contribution in [2.45, 2.75) is 6.92 Å². The van der Waals surface area contributed by atoms with Crippen LogP contribution in [0.2, 0.25) is 5.02 Å². The fourth-order valence-corrected chi connectivity index (χ4v) is 2.06. The van der Waals surface area contributed by atoms with E-state index in [0.29, 0.717) is 33.2 Å². The lowest BCUT2D eigenvalue weighted by atomic mass is 10.2. The third-order valence-corrected chi connectivity index (χ3v) is 2.83. The minimum absolute atomic E-state index is 0.313. The van der Waals surface area contributed by atoms with Crippen molar-refractivity contribution in [1.82, 2.24) is 9.97 Å². The van der Waals surface area contributed by atoms with E-state index in [1.54, 1.807) is 19.1 Å². The zero-order chi connectivity index (χ0) is 12.0. The topological polar surface area (TPSA) is 62.7 Å². The highest BCUT2D eigenvalue weighted by atomic mass is 35.5. The summed E-state index contributed by atoms with van der Waals surface area (Å²) in [4.78, 5) is 8.27. The number of rotatable bonds is 0. The van der Waals surface area contributed by atoms with Gasteiger partial charge in [-0.1, -0.05) is 23.7 Å². The lowest BCUT2D eigenvalue weighted by Crippen LogP contribution is -1.91. The molecule has 0 N–H and O–H groups in total. The maximum atomic E-state index is 9.09. The Kier molecular flexibility index (Phi) is 2.03. The molecule has 0 atom stereocenters. The zero-order valence-corrected chi connectivity index (χ0v) is 9.62. The van der Waals surface area contributed by atoms with Crippen LogP contribution in [0.1, 0.15) is 11.5 Å². The predicted molar refractivity (Wildman–Crippen MR) is 63.8 cm³/mol. The molecule has 82 valence electrons. The number of halogens is 1. The van der Waals surface area contributed by atoms with E-state index in [0.717, 1.165) is 5.39 Å². The molecule has 0 unspecified atom stereocenters. The molecule has 1 aromatic carbocycles. The molecule has 0 aliphatic rings. The second-order valence-electron chi connectivity index (χ2n) is 3.63. The highest BCUT2D eigenvalue weighted by Crippen LogP contribution is 2.33. The number of nitrogens with zero attached hydrogens (tertiary/aromatic N) is 3. The maximum absolute atomic E-state index is 9.09. The lowest BCUT2D eigenvalue weighted by molar-refractivity contribution is 0.650. The molecule has 0 spiro atoms. The molecular formula is C12H6ClN3O. The Morgan fingerprint density at radius 3 is 2.94 bits per heavy atom. The number of hydrogen-bond acceptors (Lipinski definition) is 4. The largest absolute Gasteiger partial charge is 0.436 e. The van der Waals surface area contributed by atoms with Crippen LogP contribution in [0, 0.1) is 18.3 Å². The first-order valence-electron chi connectivity index (χ1n) is 4.96. The lowest BCUT2D eigenvalue weighted by Gasteiger charge is -1.94. The van der Waals surface area contributed by atoms with Gasteiger partial charge < -0.3 is 4.42 Å². The summed E-state index contributed by atoms with van der Waals surface area (Å²) in [6, 6.07) is 7.44. The summed E-state index contributed by atoms with van der Waals surface area (Å²) in [6.45, 7) is 1.72. The Hall–Kier alpha value is -2.12. The number of nitriles is 1. The predicted octanol–water partition coefficient (Wildman–Crippen LogP) is 3.21. The highest BCUT2D eigenvalue weighted by molar-refractivity contribution is 6.35. The quantitative estimate of drug-likeness (QED) is 0.608. The van der Waals surface area contributed by atoms with Crippen LogP contribution < -0.4 is 0 Å². The van der Waals surface area contributed by atoms with Crippen LogP contribution in [0.25, 0.3) is 22.1 Å². The van der Waals surface area contributed by atoms with Gasteiger partial charge in [-0.2, -0.15) is 10.2 Å². The molecule has 0 saturated heterocycles. The molecule has 0 bridgehead atoms. The molecule has 0 radical (unpaired) electrons. The van der Waals surface area contributed by atoms with Crippen LogP contribution in [-0.4, -0.2) is 9.97 Å². The molecule has 0 saturated carbocycles. The molecule has 17 heavy (non-hydrogen) atoms. The maximum Gasteiger partial charge on any atom is 0.232 e. The van der Waals surface area contributed by atoms with Crippen LogP contribution in [0.4, 0.5) is 0 Å². The monoisotopic (exact) mass is 243 g/mol. The molecule has 0 fully saturated rings. The first kappa shape index (κ1) is 10.1. The van der Waals surface area contributed by atoms with Gasteiger partial charge in [-0.15, -0.1) is 0 Å². The second kappa shape index (κ2) is 3.44. The molecule has 2 heterocycles. The fourth-order valence-electron chi connectivity index (χ4n) is 1.85. The number of fused-ring (bicyclic) bond motifs is 3. The Bertz CT molecular complexity index is 786. The number of para-hydroxylation sites is 1. The number of aromatic nitrogens is 2. The van der Waals surface area contributed by atoms with Crippen molar-refractivity contribution in [2.75, 3.05) is 0 Å². The first-order chi connectivity index (χ1) is 8.20. The number of furan rings is 1.